The van der Waals surface area contributed by atoms with E-state index < -0.39 is 11.7 Å². The van der Waals surface area contributed by atoms with Crippen molar-refractivity contribution >= 4 is 35.8 Å². The van der Waals surface area contributed by atoms with Crippen molar-refractivity contribution in [1.29, 1.82) is 0 Å². The molecule has 0 aliphatic heterocycles. The third-order valence-electron chi connectivity index (χ3n) is 4.11. The molecule has 0 saturated heterocycles. The van der Waals surface area contributed by atoms with Crippen LogP contribution in [0.25, 0.3) is 0 Å². The number of guanidine groups is 1. The fourth-order valence-corrected chi connectivity index (χ4v) is 2.61. The average molecular weight is 544 g/mol. The second-order valence-corrected chi connectivity index (χ2v) is 6.26. The minimum absolute atomic E-state index is 0. The normalized spacial score (nSPS) is 10.9. The van der Waals surface area contributed by atoms with Gasteiger partial charge in [0, 0.05) is 31.8 Å². The highest BCUT2D eigenvalue weighted by Gasteiger charge is 2.30. The molecule has 5 nitrogen and oxygen atoms in total. The van der Waals surface area contributed by atoms with Crippen LogP contribution in [0.2, 0.25) is 0 Å². The van der Waals surface area contributed by atoms with E-state index in [2.05, 4.69) is 32.8 Å². The van der Waals surface area contributed by atoms with Crippen LogP contribution in [0.5, 0.6) is 0 Å². The molecule has 1 amide bonds. The van der Waals surface area contributed by atoms with E-state index in [-0.39, 0.29) is 36.4 Å². The van der Waals surface area contributed by atoms with E-state index in [4.69, 9.17) is 0 Å². The van der Waals surface area contributed by atoms with E-state index in [1.54, 1.807) is 20.2 Å². The van der Waals surface area contributed by atoms with Crippen molar-refractivity contribution in [1.82, 2.24) is 16.0 Å². The summed E-state index contributed by atoms with van der Waals surface area (Å²) < 4.78 is 38.2. The van der Waals surface area contributed by atoms with E-state index in [1.807, 2.05) is 18.2 Å². The first-order chi connectivity index (χ1) is 14.3. The molecule has 0 aliphatic carbocycles. The average Bonchev–Trinajstić information content (AvgIpc) is 2.74. The number of nitrogens with one attached hydrogen (secondary N) is 3. The predicted octanol–water partition coefficient (Wildman–Crippen LogP) is 3.44. The number of aliphatic imine (C=N–C) groups is 1. The first-order valence-corrected chi connectivity index (χ1v) is 9.25. The summed E-state index contributed by atoms with van der Waals surface area (Å²) in [7, 11) is 3.20. The van der Waals surface area contributed by atoms with E-state index in [0.717, 1.165) is 17.7 Å². The Morgan fingerprint density at radius 3 is 2.52 bits per heavy atom. The zero-order chi connectivity index (χ0) is 22.0. The van der Waals surface area contributed by atoms with Crippen LogP contribution in [0, 0.1) is 11.8 Å². The van der Waals surface area contributed by atoms with Crippen LogP contribution >= 0.6 is 24.0 Å². The summed E-state index contributed by atoms with van der Waals surface area (Å²) in [5, 5.41) is 8.71. The van der Waals surface area contributed by atoms with Crippen LogP contribution in [0.15, 0.2) is 53.5 Å². The van der Waals surface area contributed by atoms with Crippen molar-refractivity contribution < 1.29 is 18.0 Å². The molecule has 2 aromatic rings. The van der Waals surface area contributed by atoms with Gasteiger partial charge in [-0.15, -0.1) is 24.0 Å². The smallest absolute Gasteiger partial charge is 0.356 e. The monoisotopic (exact) mass is 544 g/mol. The first kappa shape index (κ1) is 26.3. The molecule has 0 spiro atoms. The number of amides is 1. The quantitative estimate of drug-likeness (QED) is 0.234. The summed E-state index contributed by atoms with van der Waals surface area (Å²) in [6.07, 6.45) is -3.71. The summed E-state index contributed by atoms with van der Waals surface area (Å²) in [5.74, 6) is 5.88. The van der Waals surface area contributed by atoms with Gasteiger partial charge >= 0.3 is 6.18 Å². The Balaban J connectivity index is 0.00000480. The van der Waals surface area contributed by atoms with Crippen molar-refractivity contribution in [2.45, 2.75) is 12.6 Å². The van der Waals surface area contributed by atoms with Crippen LogP contribution in [0.3, 0.4) is 0 Å². The summed E-state index contributed by atoms with van der Waals surface area (Å²) >= 11 is 0. The van der Waals surface area contributed by atoms with Crippen molar-refractivity contribution in [3.05, 3.63) is 70.8 Å². The SMILES string of the molecule is CN=C(NCC#Cc1cccc(C(F)(F)F)c1)NCCc1cccc(C(=O)NC)c1.I. The van der Waals surface area contributed by atoms with Crippen LogP contribution in [-0.4, -0.2) is 39.1 Å². The number of alkyl halides is 3. The third-order valence-corrected chi connectivity index (χ3v) is 4.11. The van der Waals surface area contributed by atoms with Gasteiger partial charge in [0.05, 0.1) is 12.1 Å². The molecular formula is C22H24F3IN4O. The standard InChI is InChI=1S/C22H23F3N4O.HI/c1-26-20(30)18-9-3-6-17(14-18)11-13-29-21(27-2)28-12-5-8-16-7-4-10-19(15-16)22(23,24)25;/h3-4,6-7,9-10,14-15H,11-13H2,1-2H3,(H,26,30)(H2,27,28,29);1H. The molecule has 0 atom stereocenters. The second-order valence-electron chi connectivity index (χ2n) is 6.26. The molecule has 2 aromatic carbocycles. The minimum atomic E-state index is -4.39. The van der Waals surface area contributed by atoms with Gasteiger partial charge in [-0.2, -0.15) is 13.2 Å². The molecule has 0 aromatic heterocycles. The lowest BCUT2D eigenvalue weighted by Gasteiger charge is -2.10. The molecule has 2 rings (SSSR count). The van der Waals surface area contributed by atoms with Crippen molar-refractivity contribution in [3.8, 4) is 11.8 Å². The summed E-state index contributed by atoms with van der Waals surface area (Å²) in [6, 6.07) is 12.2. The fourth-order valence-electron chi connectivity index (χ4n) is 2.61. The molecule has 0 aliphatic rings. The van der Waals surface area contributed by atoms with Crippen molar-refractivity contribution in [2.24, 2.45) is 4.99 Å². The van der Waals surface area contributed by atoms with Crippen molar-refractivity contribution in [2.75, 3.05) is 27.2 Å². The highest BCUT2D eigenvalue weighted by atomic mass is 127. The third kappa shape index (κ3) is 8.88. The molecule has 0 fully saturated rings. The number of hydrogen-bond donors (Lipinski definition) is 3. The lowest BCUT2D eigenvalue weighted by molar-refractivity contribution is -0.137. The molecule has 31 heavy (non-hydrogen) atoms. The number of nitrogens with zero attached hydrogens (tertiary/aromatic N) is 1. The first-order valence-electron chi connectivity index (χ1n) is 9.25. The summed E-state index contributed by atoms with van der Waals surface area (Å²) in [4.78, 5) is 15.8. The zero-order valence-corrected chi connectivity index (χ0v) is 19.5. The van der Waals surface area contributed by atoms with Crippen LogP contribution in [0.1, 0.15) is 27.0 Å². The van der Waals surface area contributed by atoms with Gasteiger partial charge in [-0.1, -0.05) is 30.0 Å². The molecule has 0 bridgehead atoms. The van der Waals surface area contributed by atoms with Gasteiger partial charge in [0.1, 0.15) is 0 Å². The number of benzene rings is 2. The largest absolute Gasteiger partial charge is 0.416 e. The molecule has 0 saturated carbocycles. The highest BCUT2D eigenvalue weighted by molar-refractivity contribution is 14.0. The van der Waals surface area contributed by atoms with E-state index in [1.165, 1.54) is 12.1 Å². The van der Waals surface area contributed by atoms with Gasteiger partial charge < -0.3 is 16.0 Å². The number of rotatable bonds is 5. The van der Waals surface area contributed by atoms with Crippen LogP contribution in [-0.2, 0) is 12.6 Å². The minimum Gasteiger partial charge on any atom is -0.356 e. The Hall–Kier alpha value is -2.74. The lowest BCUT2D eigenvalue weighted by atomic mass is 10.1. The molecule has 0 radical (unpaired) electrons. The van der Waals surface area contributed by atoms with E-state index in [0.29, 0.717) is 30.1 Å². The van der Waals surface area contributed by atoms with Gasteiger partial charge in [0.2, 0.25) is 0 Å². The van der Waals surface area contributed by atoms with Gasteiger partial charge in [-0.05, 0) is 42.3 Å². The van der Waals surface area contributed by atoms with Crippen LogP contribution < -0.4 is 16.0 Å². The maximum Gasteiger partial charge on any atom is 0.416 e. The number of carbonyl (C=O) groups excluding carboxylic acids is 1. The Morgan fingerprint density at radius 1 is 1.10 bits per heavy atom. The maximum absolute atomic E-state index is 12.7. The van der Waals surface area contributed by atoms with Gasteiger partial charge in [0.25, 0.3) is 5.91 Å². The number of carbonyl (C=O) groups is 1. The second kappa shape index (κ2) is 12.8. The number of hydrogen-bond acceptors (Lipinski definition) is 2. The highest BCUT2D eigenvalue weighted by Crippen LogP contribution is 2.29. The summed E-state index contributed by atoms with van der Waals surface area (Å²) in [5.41, 5.74) is 1.18. The Bertz CT molecular complexity index is 965. The van der Waals surface area contributed by atoms with Crippen LogP contribution in [0.4, 0.5) is 13.2 Å². The van der Waals surface area contributed by atoms with Gasteiger partial charge in [0.15, 0.2) is 5.96 Å². The molecule has 166 valence electrons. The molecule has 9 heteroatoms. The Labute approximate surface area is 196 Å². The van der Waals surface area contributed by atoms with Crippen molar-refractivity contribution in [3.63, 3.8) is 0 Å². The molecule has 0 unspecified atom stereocenters. The van der Waals surface area contributed by atoms with Gasteiger partial charge in [-0.3, -0.25) is 9.79 Å². The molecule has 3 N–H and O–H groups in total. The Morgan fingerprint density at radius 2 is 1.84 bits per heavy atom. The van der Waals surface area contributed by atoms with E-state index >= 15 is 0 Å². The fraction of sp³-hybridized carbons (Fsp3) is 0.273. The number of halogens is 4. The Kier molecular flexibility index (Phi) is 10.9. The zero-order valence-electron chi connectivity index (χ0n) is 17.1. The molecular weight excluding hydrogens is 520 g/mol. The maximum atomic E-state index is 12.7. The van der Waals surface area contributed by atoms with E-state index in [9.17, 15) is 18.0 Å². The lowest BCUT2D eigenvalue weighted by Crippen LogP contribution is -2.38. The topological polar surface area (TPSA) is 65.5 Å². The predicted molar refractivity (Wildman–Crippen MR) is 127 cm³/mol. The summed E-state index contributed by atoms with van der Waals surface area (Å²) in [6.45, 7) is 0.806. The van der Waals surface area contributed by atoms with Gasteiger partial charge in [-0.25, -0.2) is 0 Å². The molecule has 0 heterocycles.